The first kappa shape index (κ1) is 22.8. The summed E-state index contributed by atoms with van der Waals surface area (Å²) in [7, 11) is 3.70. The Bertz CT molecular complexity index is 306. The zero-order chi connectivity index (χ0) is 17.7. The van der Waals surface area contributed by atoms with Gasteiger partial charge in [0.15, 0.2) is 0 Å². The number of hydrogen-bond acceptors (Lipinski definition) is 3. The number of carbonyl (C=O) groups is 1. The van der Waals surface area contributed by atoms with Crippen molar-refractivity contribution in [1.29, 1.82) is 0 Å². The number of nitrogens with zero attached hydrogens (tertiary/aromatic N) is 1. The van der Waals surface area contributed by atoms with Crippen molar-refractivity contribution in [3.63, 3.8) is 0 Å². The molecule has 0 unspecified atom stereocenters. The first-order valence-corrected chi connectivity index (χ1v) is 10.3. The summed E-state index contributed by atoms with van der Waals surface area (Å²) >= 11 is 1.80. The summed E-state index contributed by atoms with van der Waals surface area (Å²) in [5, 5.41) is 9.40. The molecule has 1 N–H and O–H groups in total. The van der Waals surface area contributed by atoms with Crippen LogP contribution in [0.5, 0.6) is 0 Å². The highest BCUT2D eigenvalue weighted by Gasteiger charge is 2.37. The first-order chi connectivity index (χ1) is 10.8. The normalized spacial score (nSPS) is 13.5. The van der Waals surface area contributed by atoms with Crippen molar-refractivity contribution in [3.8, 4) is 0 Å². The van der Waals surface area contributed by atoms with E-state index in [0.29, 0.717) is 0 Å². The number of carboxylic acids is 1. The molecule has 0 aliphatic heterocycles. The van der Waals surface area contributed by atoms with Crippen molar-refractivity contribution in [1.82, 2.24) is 4.90 Å². The van der Waals surface area contributed by atoms with Gasteiger partial charge in [-0.05, 0) is 40.1 Å². The topological polar surface area (TPSA) is 40.5 Å². The van der Waals surface area contributed by atoms with Gasteiger partial charge in [0.05, 0.1) is 0 Å². The van der Waals surface area contributed by atoms with Gasteiger partial charge in [0.1, 0.15) is 6.04 Å². The fourth-order valence-electron chi connectivity index (χ4n) is 3.14. The largest absolute Gasteiger partial charge is 0.480 e. The third-order valence-corrected chi connectivity index (χ3v) is 5.84. The van der Waals surface area contributed by atoms with Gasteiger partial charge in [0, 0.05) is 4.75 Å². The fourth-order valence-corrected chi connectivity index (χ4v) is 4.49. The van der Waals surface area contributed by atoms with Gasteiger partial charge in [-0.15, -0.1) is 0 Å². The van der Waals surface area contributed by atoms with Crippen LogP contribution in [-0.4, -0.2) is 46.6 Å². The maximum Gasteiger partial charge on any atom is 0.322 e. The maximum absolute atomic E-state index is 11.4. The summed E-state index contributed by atoms with van der Waals surface area (Å²) in [4.78, 5) is 13.2. The molecule has 0 aliphatic carbocycles. The van der Waals surface area contributed by atoms with Crippen molar-refractivity contribution >= 4 is 17.7 Å². The lowest BCUT2D eigenvalue weighted by molar-refractivity contribution is -0.143. The Balaban J connectivity index is 3.68. The SMILES string of the molecule is CCCCCCCCCCCCSC(C)(C)[C@H](C(=O)O)N(C)C. The van der Waals surface area contributed by atoms with Crippen LogP contribution in [0.2, 0.25) is 0 Å². The Morgan fingerprint density at radius 2 is 1.39 bits per heavy atom. The molecule has 0 radical (unpaired) electrons. The van der Waals surface area contributed by atoms with E-state index in [1.54, 1.807) is 11.8 Å². The number of hydrogen-bond donors (Lipinski definition) is 1. The van der Waals surface area contributed by atoms with Crippen molar-refractivity contribution in [2.24, 2.45) is 0 Å². The number of carboxylic acid groups (broad SMARTS) is 1. The number of aliphatic carboxylic acids is 1. The molecule has 23 heavy (non-hydrogen) atoms. The van der Waals surface area contributed by atoms with Gasteiger partial charge in [-0.3, -0.25) is 9.69 Å². The molecule has 1 atom stereocenters. The molecule has 0 fully saturated rings. The van der Waals surface area contributed by atoms with Crippen molar-refractivity contribution in [2.45, 2.75) is 95.8 Å². The van der Waals surface area contributed by atoms with Crippen LogP contribution in [0.25, 0.3) is 0 Å². The second-order valence-electron chi connectivity index (χ2n) is 7.34. The number of unbranched alkanes of at least 4 members (excludes halogenated alkanes) is 9. The van der Waals surface area contributed by atoms with Crippen LogP contribution in [-0.2, 0) is 4.79 Å². The lowest BCUT2D eigenvalue weighted by Crippen LogP contribution is -2.49. The minimum atomic E-state index is -0.726. The molecular weight excluding hydrogens is 306 g/mol. The molecule has 4 heteroatoms. The molecule has 0 saturated carbocycles. The van der Waals surface area contributed by atoms with E-state index in [9.17, 15) is 9.90 Å². The highest BCUT2D eigenvalue weighted by Crippen LogP contribution is 2.31. The lowest BCUT2D eigenvalue weighted by Gasteiger charge is -2.35. The molecule has 3 nitrogen and oxygen atoms in total. The van der Waals surface area contributed by atoms with Crippen LogP contribution in [0.3, 0.4) is 0 Å². The molecule has 0 aromatic heterocycles. The van der Waals surface area contributed by atoms with E-state index in [2.05, 4.69) is 6.92 Å². The van der Waals surface area contributed by atoms with E-state index in [1.807, 2.05) is 32.8 Å². The van der Waals surface area contributed by atoms with Gasteiger partial charge in [0.25, 0.3) is 0 Å². The minimum absolute atomic E-state index is 0.255. The summed E-state index contributed by atoms with van der Waals surface area (Å²) in [5.74, 6) is 0.330. The number of thioether (sulfide) groups is 1. The van der Waals surface area contributed by atoms with Gasteiger partial charge in [-0.2, -0.15) is 11.8 Å². The third-order valence-electron chi connectivity index (χ3n) is 4.38. The number of likely N-dealkylation sites (N-methyl/N-ethyl adjacent to an activating group) is 1. The molecule has 0 rings (SSSR count). The summed E-state index contributed by atoms with van der Waals surface area (Å²) < 4.78 is -0.255. The van der Waals surface area contributed by atoms with E-state index >= 15 is 0 Å². The molecular formula is C19H39NO2S. The average molecular weight is 346 g/mol. The smallest absolute Gasteiger partial charge is 0.322 e. The Hall–Kier alpha value is -0.220. The Morgan fingerprint density at radius 3 is 1.78 bits per heavy atom. The monoisotopic (exact) mass is 345 g/mol. The molecule has 0 spiro atoms. The van der Waals surface area contributed by atoms with Crippen molar-refractivity contribution in [3.05, 3.63) is 0 Å². The minimum Gasteiger partial charge on any atom is -0.480 e. The van der Waals surface area contributed by atoms with Crippen molar-refractivity contribution < 1.29 is 9.90 Å². The van der Waals surface area contributed by atoms with Gasteiger partial charge < -0.3 is 5.11 Å². The van der Waals surface area contributed by atoms with E-state index < -0.39 is 12.0 Å². The maximum atomic E-state index is 11.4. The van der Waals surface area contributed by atoms with Crippen LogP contribution in [0, 0.1) is 0 Å². The standard InChI is InChI=1S/C19H39NO2S/c1-6-7-8-9-10-11-12-13-14-15-16-23-19(2,3)17(18(21)22)20(4)5/h17H,6-16H2,1-5H3,(H,21,22)/t17-/m0/s1. The quantitative estimate of drug-likeness (QED) is 0.402. The predicted octanol–water partition coefficient (Wildman–Crippen LogP) is 5.43. The van der Waals surface area contributed by atoms with Crippen molar-refractivity contribution in [2.75, 3.05) is 19.8 Å². The van der Waals surface area contributed by atoms with E-state index in [1.165, 1.54) is 64.2 Å². The predicted molar refractivity (Wildman–Crippen MR) is 103 cm³/mol. The molecule has 0 amide bonds. The Labute approximate surface area is 148 Å². The molecule has 0 aromatic carbocycles. The molecule has 0 heterocycles. The highest BCUT2D eigenvalue weighted by atomic mass is 32.2. The van der Waals surface area contributed by atoms with Gasteiger partial charge in [-0.1, -0.05) is 64.7 Å². The van der Waals surface area contributed by atoms with E-state index in [4.69, 9.17) is 0 Å². The Kier molecular flexibility index (Phi) is 13.0. The second kappa shape index (κ2) is 13.1. The second-order valence-corrected chi connectivity index (χ2v) is 9.09. The van der Waals surface area contributed by atoms with Crippen LogP contribution < -0.4 is 0 Å². The third kappa shape index (κ3) is 11.0. The molecule has 138 valence electrons. The van der Waals surface area contributed by atoms with E-state index in [-0.39, 0.29) is 4.75 Å². The summed E-state index contributed by atoms with van der Waals surface area (Å²) in [6, 6.07) is -0.435. The average Bonchev–Trinajstić information content (AvgIpc) is 2.43. The highest BCUT2D eigenvalue weighted by molar-refractivity contribution is 8.00. The van der Waals surface area contributed by atoms with Gasteiger partial charge in [0.2, 0.25) is 0 Å². The molecule has 0 bridgehead atoms. The lowest BCUT2D eigenvalue weighted by atomic mass is 10.0. The molecule has 0 aromatic rings. The van der Waals surface area contributed by atoms with Crippen LogP contribution in [0.1, 0.15) is 85.0 Å². The molecule has 0 aliphatic rings. The van der Waals surface area contributed by atoms with Crippen LogP contribution in [0.4, 0.5) is 0 Å². The van der Waals surface area contributed by atoms with Crippen LogP contribution >= 0.6 is 11.8 Å². The zero-order valence-electron chi connectivity index (χ0n) is 16.1. The van der Waals surface area contributed by atoms with Gasteiger partial charge in [-0.25, -0.2) is 0 Å². The first-order valence-electron chi connectivity index (χ1n) is 9.36. The summed E-state index contributed by atoms with van der Waals surface area (Å²) in [6.45, 7) is 6.36. The summed E-state index contributed by atoms with van der Waals surface area (Å²) in [6.07, 6.45) is 13.4. The fraction of sp³-hybridized carbons (Fsp3) is 0.947. The summed E-state index contributed by atoms with van der Waals surface area (Å²) in [5.41, 5.74) is 0. The van der Waals surface area contributed by atoms with Crippen LogP contribution in [0.15, 0.2) is 0 Å². The van der Waals surface area contributed by atoms with Gasteiger partial charge >= 0.3 is 5.97 Å². The number of rotatable bonds is 15. The zero-order valence-corrected chi connectivity index (χ0v) is 16.9. The van der Waals surface area contributed by atoms with E-state index in [0.717, 1.165) is 5.75 Å². The Morgan fingerprint density at radius 1 is 0.957 bits per heavy atom. The molecule has 0 saturated heterocycles.